The van der Waals surface area contributed by atoms with E-state index >= 15 is 0 Å². The summed E-state index contributed by atoms with van der Waals surface area (Å²) in [5, 5.41) is 13.2. The number of thiol groups is 1. The van der Waals surface area contributed by atoms with Crippen LogP contribution in [0.1, 0.15) is 6.92 Å². The smallest absolute Gasteiger partial charge is 0.208 e. The maximum atomic E-state index is 13.2. The molecule has 0 spiro atoms. The minimum atomic E-state index is -0.844. The van der Waals surface area contributed by atoms with E-state index in [1.54, 1.807) is 14.0 Å². The molecule has 0 saturated carbocycles. The molecule has 2 fully saturated rings. The van der Waals surface area contributed by atoms with Crippen LogP contribution in [0.3, 0.4) is 0 Å². The Hall–Kier alpha value is -1.35. The van der Waals surface area contributed by atoms with E-state index in [0.29, 0.717) is 47.4 Å². The molecule has 0 radical (unpaired) electrons. The van der Waals surface area contributed by atoms with Crippen molar-refractivity contribution in [3.05, 3.63) is 22.5 Å². The molecule has 0 amide bonds. The summed E-state index contributed by atoms with van der Waals surface area (Å²) in [7, 11) is 3.60. The summed E-state index contributed by atoms with van der Waals surface area (Å²) in [4.78, 5) is 30.3. The molecule has 1 aliphatic carbocycles. The molecule has 25 heavy (non-hydrogen) atoms. The van der Waals surface area contributed by atoms with Crippen LogP contribution in [0.15, 0.2) is 22.5 Å². The number of nitrogens with one attached hydrogen (secondary N) is 1. The van der Waals surface area contributed by atoms with Crippen molar-refractivity contribution >= 4 is 24.2 Å². The molecule has 2 saturated heterocycles. The number of carbonyl (C=O) groups excluding carboxylic acids is 2. The Morgan fingerprint density at radius 1 is 1.40 bits per heavy atom. The van der Waals surface area contributed by atoms with Gasteiger partial charge in [0, 0.05) is 43.1 Å². The van der Waals surface area contributed by atoms with Crippen molar-refractivity contribution < 1.29 is 19.4 Å². The first kappa shape index (κ1) is 17.1. The third kappa shape index (κ3) is 1.88. The van der Waals surface area contributed by atoms with Gasteiger partial charge in [0.05, 0.1) is 30.0 Å². The summed E-state index contributed by atoms with van der Waals surface area (Å²) >= 11 is 4.15. The molecule has 4 aliphatic rings. The Balaban J connectivity index is 1.81. The Morgan fingerprint density at radius 2 is 2.12 bits per heavy atom. The van der Waals surface area contributed by atoms with Gasteiger partial charge in [0.1, 0.15) is 0 Å². The summed E-state index contributed by atoms with van der Waals surface area (Å²) in [6.45, 7) is 2.57. The zero-order valence-corrected chi connectivity index (χ0v) is 15.5. The molecule has 0 aromatic carbocycles. The van der Waals surface area contributed by atoms with Gasteiger partial charge in [0.25, 0.3) is 0 Å². The van der Waals surface area contributed by atoms with Crippen LogP contribution in [0.25, 0.3) is 0 Å². The van der Waals surface area contributed by atoms with Crippen molar-refractivity contribution in [3.8, 4) is 0 Å². The molecule has 7 nitrogen and oxygen atoms in total. The molecule has 0 bridgehead atoms. The van der Waals surface area contributed by atoms with Gasteiger partial charge in [-0.25, -0.2) is 0 Å². The average molecular weight is 365 g/mol. The number of fused-ring (bicyclic) bond motifs is 4. The molecule has 5 unspecified atom stereocenters. The quantitative estimate of drug-likeness (QED) is 0.333. The number of allylic oxidation sites excluding steroid dienone is 2. The molecule has 136 valence electrons. The average Bonchev–Trinajstić information content (AvgIpc) is 3.00. The third-order valence-electron chi connectivity index (χ3n) is 6.15. The van der Waals surface area contributed by atoms with Gasteiger partial charge in [-0.15, -0.1) is 0 Å². The van der Waals surface area contributed by atoms with E-state index < -0.39 is 11.6 Å². The van der Waals surface area contributed by atoms with Crippen LogP contribution >= 0.6 is 12.6 Å². The van der Waals surface area contributed by atoms with E-state index in [1.165, 1.54) is 0 Å². The van der Waals surface area contributed by atoms with Crippen molar-refractivity contribution in [3.63, 3.8) is 0 Å². The molecular formula is C17H23N3O4S. The molecule has 0 aromatic rings. The number of Topliss-reactive ketones (excluding diaryl/α,β-unsaturated/α-hetero) is 2. The number of rotatable bonds is 5. The van der Waals surface area contributed by atoms with Gasteiger partial charge in [-0.1, -0.05) is 0 Å². The number of methoxy groups -OCH3 is 1. The minimum Gasteiger partial charge on any atom is -0.396 e. The fraction of sp³-hybridized carbons (Fsp3) is 0.647. The first-order valence-corrected chi connectivity index (χ1v) is 9.13. The standard InChI is InChI=1S/C17H23N3O4S/c1-8-12(18-4-5-25)15(23)11-9(7-21)17(24-3)16-10(19(16)2)6-20(17)13(11)14(8)22/h9-10,16,18,21,25H,4-7H2,1-3H3. The van der Waals surface area contributed by atoms with Gasteiger partial charge in [0.2, 0.25) is 11.6 Å². The number of piperazine rings is 1. The maximum absolute atomic E-state index is 13.2. The van der Waals surface area contributed by atoms with E-state index in [0.717, 1.165) is 0 Å². The second-order valence-electron chi connectivity index (χ2n) is 7.05. The number of carbonyl (C=O) groups is 2. The lowest BCUT2D eigenvalue weighted by Crippen LogP contribution is -2.55. The fourth-order valence-electron chi connectivity index (χ4n) is 4.96. The van der Waals surface area contributed by atoms with Gasteiger partial charge in [-0.3, -0.25) is 14.5 Å². The van der Waals surface area contributed by atoms with Crippen molar-refractivity contribution in [2.24, 2.45) is 5.92 Å². The van der Waals surface area contributed by atoms with Crippen LogP contribution in [0.5, 0.6) is 0 Å². The Kier molecular flexibility index (Phi) is 3.81. The monoisotopic (exact) mass is 365 g/mol. The number of aliphatic hydroxyl groups is 1. The Morgan fingerprint density at radius 3 is 2.72 bits per heavy atom. The lowest BCUT2D eigenvalue weighted by atomic mass is 9.82. The number of ketones is 2. The predicted octanol–water partition coefficient (Wildman–Crippen LogP) is -0.851. The summed E-state index contributed by atoms with van der Waals surface area (Å²) in [5.74, 6) is -0.350. The zero-order chi connectivity index (χ0) is 18.1. The number of likely N-dealkylation sites (N-methyl/N-ethyl adjacent to an activating group) is 1. The summed E-state index contributed by atoms with van der Waals surface area (Å²) in [6.07, 6.45) is 0. The second kappa shape index (κ2) is 5.57. The number of ether oxygens (including phenoxy) is 1. The van der Waals surface area contributed by atoms with E-state index in [1.807, 2.05) is 11.9 Å². The fourth-order valence-corrected chi connectivity index (χ4v) is 5.07. The van der Waals surface area contributed by atoms with Gasteiger partial charge in [-0.2, -0.15) is 12.6 Å². The van der Waals surface area contributed by atoms with E-state index in [9.17, 15) is 14.7 Å². The highest BCUT2D eigenvalue weighted by Crippen LogP contribution is 2.58. The summed E-state index contributed by atoms with van der Waals surface area (Å²) in [5.41, 5.74) is 0.705. The Labute approximate surface area is 152 Å². The number of hydrogen-bond acceptors (Lipinski definition) is 8. The second-order valence-corrected chi connectivity index (χ2v) is 7.50. The van der Waals surface area contributed by atoms with E-state index in [2.05, 4.69) is 22.8 Å². The molecule has 3 aliphatic heterocycles. The SMILES string of the molecule is COC12C(CO)C3=C(C(=O)C(C)=C(NCCS)C3=O)N1CC1C2N1C. The van der Waals surface area contributed by atoms with Crippen molar-refractivity contribution in [1.82, 2.24) is 15.1 Å². The molecule has 5 atom stereocenters. The van der Waals surface area contributed by atoms with E-state index in [4.69, 9.17) is 4.74 Å². The molecule has 8 heteroatoms. The highest BCUT2D eigenvalue weighted by Gasteiger charge is 2.74. The highest BCUT2D eigenvalue weighted by molar-refractivity contribution is 7.80. The van der Waals surface area contributed by atoms with Crippen LogP contribution in [0, 0.1) is 5.92 Å². The number of aliphatic hydroxyl groups excluding tert-OH is 1. The highest BCUT2D eigenvalue weighted by atomic mass is 32.1. The largest absolute Gasteiger partial charge is 0.396 e. The molecule has 3 heterocycles. The van der Waals surface area contributed by atoms with E-state index in [-0.39, 0.29) is 24.2 Å². The molecule has 4 rings (SSSR count). The first-order valence-electron chi connectivity index (χ1n) is 8.50. The zero-order valence-electron chi connectivity index (χ0n) is 14.6. The Bertz CT molecular complexity index is 733. The van der Waals surface area contributed by atoms with Crippen LogP contribution in [-0.2, 0) is 14.3 Å². The number of hydrogen-bond donors (Lipinski definition) is 3. The van der Waals surface area contributed by atoms with Crippen LogP contribution in [0.4, 0.5) is 0 Å². The number of nitrogens with zero attached hydrogens (tertiary/aromatic N) is 2. The lowest BCUT2D eigenvalue weighted by Gasteiger charge is -2.40. The normalized spacial score (nSPS) is 39.0. The van der Waals surface area contributed by atoms with Crippen LogP contribution < -0.4 is 5.32 Å². The van der Waals surface area contributed by atoms with Crippen molar-refractivity contribution in [2.45, 2.75) is 24.7 Å². The van der Waals surface area contributed by atoms with Gasteiger partial charge >= 0.3 is 0 Å². The van der Waals surface area contributed by atoms with Crippen molar-refractivity contribution in [2.75, 3.05) is 39.6 Å². The molecule has 0 aromatic heterocycles. The van der Waals surface area contributed by atoms with Crippen LogP contribution in [0.2, 0.25) is 0 Å². The topological polar surface area (TPSA) is 81.9 Å². The molecule has 2 N–H and O–H groups in total. The summed E-state index contributed by atoms with van der Waals surface area (Å²) in [6, 6.07) is 0.369. The van der Waals surface area contributed by atoms with Gasteiger partial charge in [0.15, 0.2) is 5.72 Å². The van der Waals surface area contributed by atoms with Gasteiger partial charge < -0.3 is 20.1 Å². The summed E-state index contributed by atoms with van der Waals surface area (Å²) < 4.78 is 5.92. The molecular weight excluding hydrogens is 342 g/mol. The first-order chi connectivity index (χ1) is 11.9. The minimum absolute atomic E-state index is 0.0787. The van der Waals surface area contributed by atoms with Crippen LogP contribution in [-0.4, -0.2) is 83.9 Å². The predicted molar refractivity (Wildman–Crippen MR) is 94.0 cm³/mol. The lowest BCUT2D eigenvalue weighted by molar-refractivity contribution is -0.144. The maximum Gasteiger partial charge on any atom is 0.208 e. The third-order valence-corrected chi connectivity index (χ3v) is 6.37. The van der Waals surface area contributed by atoms with Gasteiger partial charge in [-0.05, 0) is 14.0 Å². The van der Waals surface area contributed by atoms with Crippen molar-refractivity contribution in [1.29, 1.82) is 0 Å².